The molecule has 0 saturated heterocycles. The lowest BCUT2D eigenvalue weighted by Gasteiger charge is -2.19. The van der Waals surface area contributed by atoms with Crippen LogP contribution >= 0.6 is 0 Å². The standard InChI is InChI=1S/C22H24N2O3/c1-16-15-23-21(25)14-18(17-8-3-2-4-9-17)10-7-13-27-20-12-6-5-11-19(20)22(26)24-16/h2-12,16,18H,13-15H2,1H3,(H,23,25)(H,24,26)/b10-7+/t16-,18?/m0/s1. The number of fused-ring (bicyclic) bond motifs is 1. The molecule has 2 N–H and O–H groups in total. The first-order valence-electron chi connectivity index (χ1n) is 9.14. The normalized spacial score (nSPS) is 22.4. The highest BCUT2D eigenvalue weighted by molar-refractivity contribution is 5.97. The predicted octanol–water partition coefficient (Wildman–Crippen LogP) is 3.04. The van der Waals surface area contributed by atoms with Gasteiger partial charge >= 0.3 is 0 Å². The van der Waals surface area contributed by atoms with Crippen LogP contribution in [-0.4, -0.2) is 31.0 Å². The maximum absolute atomic E-state index is 12.5. The fraction of sp³-hybridized carbons (Fsp3) is 0.273. The molecule has 5 nitrogen and oxygen atoms in total. The maximum Gasteiger partial charge on any atom is 0.255 e. The number of para-hydroxylation sites is 1. The van der Waals surface area contributed by atoms with Gasteiger partial charge in [-0.25, -0.2) is 0 Å². The molecular weight excluding hydrogens is 340 g/mol. The number of benzene rings is 2. The van der Waals surface area contributed by atoms with E-state index in [1.807, 2.05) is 55.5 Å². The summed E-state index contributed by atoms with van der Waals surface area (Å²) in [5.74, 6) is 0.255. The quantitative estimate of drug-likeness (QED) is 0.765. The summed E-state index contributed by atoms with van der Waals surface area (Å²) in [6.07, 6.45) is 4.23. The molecule has 1 aliphatic rings. The zero-order valence-corrected chi connectivity index (χ0v) is 15.4. The second-order valence-corrected chi connectivity index (χ2v) is 6.64. The Morgan fingerprint density at radius 2 is 1.74 bits per heavy atom. The lowest BCUT2D eigenvalue weighted by Crippen LogP contribution is -2.42. The molecule has 1 aliphatic heterocycles. The molecule has 0 spiro atoms. The van der Waals surface area contributed by atoms with Crippen molar-refractivity contribution in [3.63, 3.8) is 0 Å². The minimum absolute atomic E-state index is 0.0297. The smallest absolute Gasteiger partial charge is 0.255 e. The Labute approximate surface area is 159 Å². The zero-order valence-electron chi connectivity index (χ0n) is 15.4. The van der Waals surface area contributed by atoms with Gasteiger partial charge < -0.3 is 15.4 Å². The molecular formula is C22H24N2O3. The van der Waals surface area contributed by atoms with Crippen molar-refractivity contribution in [1.29, 1.82) is 0 Å². The molecule has 2 aromatic carbocycles. The molecule has 0 aromatic heterocycles. The molecule has 0 saturated carbocycles. The highest BCUT2D eigenvalue weighted by atomic mass is 16.5. The van der Waals surface area contributed by atoms with E-state index in [1.54, 1.807) is 18.2 Å². The summed E-state index contributed by atoms with van der Waals surface area (Å²) in [7, 11) is 0. The van der Waals surface area contributed by atoms with Gasteiger partial charge in [0.15, 0.2) is 0 Å². The van der Waals surface area contributed by atoms with E-state index in [2.05, 4.69) is 10.6 Å². The van der Waals surface area contributed by atoms with Gasteiger partial charge in [-0.2, -0.15) is 0 Å². The van der Waals surface area contributed by atoms with Crippen molar-refractivity contribution in [1.82, 2.24) is 10.6 Å². The zero-order chi connectivity index (χ0) is 19.1. The fourth-order valence-corrected chi connectivity index (χ4v) is 3.03. The molecule has 0 fully saturated rings. The van der Waals surface area contributed by atoms with Gasteiger partial charge in [0, 0.05) is 24.9 Å². The molecule has 2 amide bonds. The number of allylic oxidation sites excluding steroid dienone is 1. The van der Waals surface area contributed by atoms with E-state index in [0.29, 0.717) is 30.9 Å². The summed E-state index contributed by atoms with van der Waals surface area (Å²) in [5, 5.41) is 5.81. The van der Waals surface area contributed by atoms with Crippen LogP contribution in [0.25, 0.3) is 0 Å². The van der Waals surface area contributed by atoms with Crippen LogP contribution in [0.5, 0.6) is 5.75 Å². The first-order valence-corrected chi connectivity index (χ1v) is 9.14. The second kappa shape index (κ2) is 9.03. The van der Waals surface area contributed by atoms with Crippen molar-refractivity contribution in [3.8, 4) is 5.75 Å². The van der Waals surface area contributed by atoms with Gasteiger partial charge in [0.25, 0.3) is 5.91 Å². The molecule has 3 rings (SSSR count). The number of carbonyl (C=O) groups excluding carboxylic acids is 2. The van der Waals surface area contributed by atoms with Gasteiger partial charge in [-0.1, -0.05) is 54.6 Å². The monoisotopic (exact) mass is 364 g/mol. The number of ether oxygens (including phenoxy) is 1. The van der Waals surface area contributed by atoms with Crippen molar-refractivity contribution in [2.45, 2.75) is 25.3 Å². The predicted molar refractivity (Wildman–Crippen MR) is 105 cm³/mol. The SMILES string of the molecule is C[C@H]1CNC(=O)CC(c2ccccc2)/C=C/COc2ccccc2C(=O)N1. The molecule has 1 heterocycles. The highest BCUT2D eigenvalue weighted by Crippen LogP contribution is 2.22. The molecule has 0 bridgehead atoms. The van der Waals surface area contributed by atoms with Crippen LogP contribution in [0.2, 0.25) is 0 Å². The van der Waals surface area contributed by atoms with Crippen molar-refractivity contribution >= 4 is 11.8 Å². The van der Waals surface area contributed by atoms with Crippen LogP contribution in [-0.2, 0) is 4.79 Å². The maximum atomic E-state index is 12.5. The number of carbonyl (C=O) groups is 2. The second-order valence-electron chi connectivity index (χ2n) is 6.64. The van der Waals surface area contributed by atoms with Crippen LogP contribution < -0.4 is 15.4 Å². The number of hydrogen-bond donors (Lipinski definition) is 2. The van der Waals surface area contributed by atoms with E-state index >= 15 is 0 Å². The van der Waals surface area contributed by atoms with E-state index < -0.39 is 0 Å². The Morgan fingerprint density at radius 3 is 2.56 bits per heavy atom. The summed E-state index contributed by atoms with van der Waals surface area (Å²) in [6.45, 7) is 2.56. The summed E-state index contributed by atoms with van der Waals surface area (Å²) < 4.78 is 5.80. The van der Waals surface area contributed by atoms with Crippen molar-refractivity contribution in [2.24, 2.45) is 0 Å². The van der Waals surface area contributed by atoms with Gasteiger partial charge in [0.05, 0.1) is 5.56 Å². The number of hydrogen-bond acceptors (Lipinski definition) is 3. The summed E-state index contributed by atoms with van der Waals surface area (Å²) >= 11 is 0. The number of amides is 2. The first-order chi connectivity index (χ1) is 13.1. The summed E-state index contributed by atoms with van der Waals surface area (Å²) in [5.41, 5.74) is 1.57. The van der Waals surface area contributed by atoms with E-state index in [4.69, 9.17) is 4.74 Å². The van der Waals surface area contributed by atoms with E-state index in [-0.39, 0.29) is 23.8 Å². The topological polar surface area (TPSA) is 67.4 Å². The van der Waals surface area contributed by atoms with Crippen molar-refractivity contribution in [3.05, 3.63) is 77.9 Å². The van der Waals surface area contributed by atoms with Crippen LogP contribution in [0, 0.1) is 0 Å². The molecule has 1 unspecified atom stereocenters. The minimum Gasteiger partial charge on any atom is -0.489 e. The molecule has 5 heteroatoms. The van der Waals surface area contributed by atoms with Crippen LogP contribution in [0.15, 0.2) is 66.7 Å². The van der Waals surface area contributed by atoms with Gasteiger partial charge in [-0.15, -0.1) is 0 Å². The Bertz CT molecular complexity index is 817. The first kappa shape index (κ1) is 18.7. The highest BCUT2D eigenvalue weighted by Gasteiger charge is 2.17. The fourth-order valence-electron chi connectivity index (χ4n) is 3.03. The molecule has 140 valence electrons. The third-order valence-corrected chi connectivity index (χ3v) is 4.45. The molecule has 27 heavy (non-hydrogen) atoms. The lowest BCUT2D eigenvalue weighted by molar-refractivity contribution is -0.121. The Kier molecular flexibility index (Phi) is 6.26. The van der Waals surface area contributed by atoms with Gasteiger partial charge in [-0.3, -0.25) is 9.59 Å². The molecule has 2 aromatic rings. The summed E-state index contributed by atoms with van der Waals surface area (Å²) in [6, 6.07) is 16.9. The Hall–Kier alpha value is -3.08. The third-order valence-electron chi connectivity index (χ3n) is 4.45. The number of nitrogens with one attached hydrogen (secondary N) is 2. The average Bonchev–Trinajstić information content (AvgIpc) is 2.69. The van der Waals surface area contributed by atoms with Crippen LogP contribution in [0.4, 0.5) is 0 Å². The van der Waals surface area contributed by atoms with Gasteiger partial charge in [-0.05, 0) is 24.6 Å². The van der Waals surface area contributed by atoms with E-state index in [9.17, 15) is 9.59 Å². The molecule has 2 atom stereocenters. The third kappa shape index (κ3) is 5.20. The van der Waals surface area contributed by atoms with E-state index in [1.165, 1.54) is 0 Å². The van der Waals surface area contributed by atoms with Crippen molar-refractivity contribution < 1.29 is 14.3 Å². The Balaban J connectivity index is 1.84. The number of rotatable bonds is 1. The van der Waals surface area contributed by atoms with Gasteiger partial charge in [0.2, 0.25) is 5.91 Å². The van der Waals surface area contributed by atoms with Gasteiger partial charge in [0.1, 0.15) is 12.4 Å². The van der Waals surface area contributed by atoms with Crippen LogP contribution in [0.1, 0.15) is 35.2 Å². The average molecular weight is 364 g/mol. The van der Waals surface area contributed by atoms with E-state index in [0.717, 1.165) is 5.56 Å². The minimum atomic E-state index is -0.212. The Morgan fingerprint density at radius 1 is 1.00 bits per heavy atom. The largest absolute Gasteiger partial charge is 0.489 e. The van der Waals surface area contributed by atoms with Crippen molar-refractivity contribution in [2.75, 3.05) is 13.2 Å². The summed E-state index contributed by atoms with van der Waals surface area (Å²) in [4.78, 5) is 24.9. The molecule has 0 radical (unpaired) electrons. The molecule has 0 aliphatic carbocycles. The van der Waals surface area contributed by atoms with Crippen LogP contribution in [0.3, 0.4) is 0 Å². The lowest BCUT2D eigenvalue weighted by atomic mass is 9.95.